The Hall–Kier alpha value is -2.01. The molecule has 0 amide bonds. The zero-order chi connectivity index (χ0) is 13.5. The van der Waals surface area contributed by atoms with Crippen LogP contribution in [-0.4, -0.2) is 38.8 Å². The van der Waals surface area contributed by atoms with Gasteiger partial charge >= 0.3 is 0 Å². The Morgan fingerprint density at radius 2 is 1.72 bits per heavy atom. The van der Waals surface area contributed by atoms with E-state index in [1.807, 2.05) is 0 Å². The van der Waals surface area contributed by atoms with Crippen LogP contribution in [0.25, 0.3) is 0 Å². The molecule has 0 fully saturated rings. The normalized spacial score (nSPS) is 10.4. The van der Waals surface area contributed by atoms with Crippen LogP contribution in [0, 0.1) is 0 Å². The second-order valence-electron chi connectivity index (χ2n) is 3.36. The summed E-state index contributed by atoms with van der Waals surface area (Å²) < 4.78 is 15.4. The minimum absolute atomic E-state index is 0.184. The highest BCUT2D eigenvalue weighted by Crippen LogP contribution is 2.38. The number of hydrogen-bond acceptors (Lipinski definition) is 5. The third-order valence-corrected chi connectivity index (χ3v) is 2.32. The Balaban J connectivity index is 3.22. The van der Waals surface area contributed by atoms with E-state index in [1.165, 1.54) is 33.5 Å². The van der Waals surface area contributed by atoms with Gasteiger partial charge in [-0.1, -0.05) is 6.08 Å². The lowest BCUT2D eigenvalue weighted by atomic mass is 10.1. The van der Waals surface area contributed by atoms with Crippen molar-refractivity contribution in [2.75, 3.05) is 27.9 Å². The molecule has 0 heterocycles. The second kappa shape index (κ2) is 6.66. The van der Waals surface area contributed by atoms with Crippen molar-refractivity contribution in [3.63, 3.8) is 0 Å². The predicted molar refractivity (Wildman–Crippen MR) is 66.7 cm³/mol. The molecule has 1 rings (SSSR count). The molecule has 0 aliphatic heterocycles. The van der Waals surface area contributed by atoms with Gasteiger partial charge in [0.25, 0.3) is 0 Å². The average molecular weight is 252 g/mol. The number of methoxy groups -OCH3 is 3. The number of ether oxygens (including phenoxy) is 3. The van der Waals surface area contributed by atoms with Gasteiger partial charge < -0.3 is 19.3 Å². The summed E-state index contributed by atoms with van der Waals surface area (Å²) in [5.74, 6) is 1.01. The fourth-order valence-electron chi connectivity index (χ4n) is 1.48. The van der Waals surface area contributed by atoms with E-state index >= 15 is 0 Å². The Morgan fingerprint density at radius 1 is 1.17 bits per heavy atom. The molecule has 0 saturated heterocycles. The molecule has 1 N–H and O–H groups in total. The molecule has 0 aliphatic carbocycles. The number of ketones is 1. The molecule has 1 aromatic carbocycles. The molecule has 0 unspecified atom stereocenters. The van der Waals surface area contributed by atoms with Crippen LogP contribution < -0.4 is 14.2 Å². The van der Waals surface area contributed by atoms with Gasteiger partial charge in [-0.15, -0.1) is 0 Å². The van der Waals surface area contributed by atoms with E-state index in [9.17, 15) is 4.79 Å². The summed E-state index contributed by atoms with van der Waals surface area (Å²) in [5, 5.41) is 8.64. The van der Waals surface area contributed by atoms with Crippen LogP contribution in [0.4, 0.5) is 0 Å². The SMILES string of the molecule is COc1cc(C(=O)/C=C/CO)cc(OC)c1OC. The van der Waals surface area contributed by atoms with Crippen LogP contribution in [0.3, 0.4) is 0 Å². The molecule has 0 bridgehead atoms. The molecule has 0 aromatic heterocycles. The van der Waals surface area contributed by atoms with E-state index < -0.39 is 0 Å². The number of aliphatic hydroxyl groups excluding tert-OH is 1. The summed E-state index contributed by atoms with van der Waals surface area (Å²) in [6.45, 7) is -0.184. The third kappa shape index (κ3) is 3.01. The molecule has 0 spiro atoms. The number of allylic oxidation sites excluding steroid dienone is 1. The maximum absolute atomic E-state index is 11.8. The summed E-state index contributed by atoms with van der Waals surface area (Å²) in [5.41, 5.74) is 0.397. The van der Waals surface area contributed by atoms with Crippen molar-refractivity contribution < 1.29 is 24.1 Å². The van der Waals surface area contributed by atoms with Crippen molar-refractivity contribution in [3.8, 4) is 17.2 Å². The quantitative estimate of drug-likeness (QED) is 0.613. The predicted octanol–water partition coefficient (Wildman–Crippen LogP) is 1.44. The summed E-state index contributed by atoms with van der Waals surface area (Å²) in [4.78, 5) is 11.8. The maximum Gasteiger partial charge on any atom is 0.203 e. The van der Waals surface area contributed by atoms with Crippen molar-refractivity contribution >= 4 is 5.78 Å². The van der Waals surface area contributed by atoms with Crippen molar-refractivity contribution in [1.29, 1.82) is 0 Å². The highest BCUT2D eigenvalue weighted by Gasteiger charge is 2.15. The zero-order valence-electron chi connectivity index (χ0n) is 10.6. The maximum atomic E-state index is 11.8. The number of benzene rings is 1. The lowest BCUT2D eigenvalue weighted by Gasteiger charge is -2.13. The largest absolute Gasteiger partial charge is 0.493 e. The van der Waals surface area contributed by atoms with Gasteiger partial charge in [-0.05, 0) is 18.2 Å². The number of hydrogen-bond donors (Lipinski definition) is 1. The molecular weight excluding hydrogens is 236 g/mol. The first-order chi connectivity index (χ1) is 8.67. The average Bonchev–Trinajstić information content (AvgIpc) is 2.42. The fraction of sp³-hybridized carbons (Fsp3) is 0.308. The molecule has 18 heavy (non-hydrogen) atoms. The summed E-state index contributed by atoms with van der Waals surface area (Å²) in [7, 11) is 4.46. The van der Waals surface area contributed by atoms with Gasteiger partial charge in [-0.3, -0.25) is 4.79 Å². The number of carbonyl (C=O) groups is 1. The van der Waals surface area contributed by atoms with Gasteiger partial charge in [0, 0.05) is 5.56 Å². The van der Waals surface area contributed by atoms with E-state index in [0.29, 0.717) is 22.8 Å². The van der Waals surface area contributed by atoms with E-state index in [0.717, 1.165) is 0 Å². The lowest BCUT2D eigenvalue weighted by molar-refractivity contribution is 0.104. The summed E-state index contributed by atoms with van der Waals surface area (Å²) >= 11 is 0. The Morgan fingerprint density at radius 3 is 2.11 bits per heavy atom. The molecule has 0 atom stereocenters. The van der Waals surface area contributed by atoms with Gasteiger partial charge in [-0.25, -0.2) is 0 Å². The highest BCUT2D eigenvalue weighted by molar-refractivity contribution is 6.05. The van der Waals surface area contributed by atoms with Crippen molar-refractivity contribution in [2.45, 2.75) is 0 Å². The second-order valence-corrected chi connectivity index (χ2v) is 3.36. The van der Waals surface area contributed by atoms with E-state index in [4.69, 9.17) is 19.3 Å². The number of rotatable bonds is 6. The number of aliphatic hydroxyl groups is 1. The molecule has 0 aliphatic rings. The Labute approximate surface area is 106 Å². The van der Waals surface area contributed by atoms with Gasteiger partial charge in [0.1, 0.15) is 0 Å². The first-order valence-corrected chi connectivity index (χ1v) is 5.29. The summed E-state index contributed by atoms with van der Waals surface area (Å²) in [6, 6.07) is 3.12. The fourth-order valence-corrected chi connectivity index (χ4v) is 1.48. The monoisotopic (exact) mass is 252 g/mol. The zero-order valence-corrected chi connectivity index (χ0v) is 10.6. The molecule has 0 saturated carbocycles. The molecular formula is C13H16O5. The van der Waals surface area contributed by atoms with Crippen molar-refractivity contribution in [3.05, 3.63) is 29.8 Å². The van der Waals surface area contributed by atoms with Crippen LogP contribution >= 0.6 is 0 Å². The van der Waals surface area contributed by atoms with Crippen LogP contribution in [0.2, 0.25) is 0 Å². The lowest BCUT2D eigenvalue weighted by Crippen LogP contribution is -2.00. The van der Waals surface area contributed by atoms with Crippen LogP contribution in [-0.2, 0) is 0 Å². The standard InChI is InChI=1S/C13H16O5/c1-16-11-7-9(10(15)5-4-6-14)8-12(17-2)13(11)18-3/h4-5,7-8,14H,6H2,1-3H3/b5-4+. The van der Waals surface area contributed by atoms with Crippen molar-refractivity contribution in [1.82, 2.24) is 0 Å². The first-order valence-electron chi connectivity index (χ1n) is 5.29. The van der Waals surface area contributed by atoms with Gasteiger partial charge in [0.05, 0.1) is 27.9 Å². The van der Waals surface area contributed by atoms with E-state index in [1.54, 1.807) is 12.1 Å². The topological polar surface area (TPSA) is 65.0 Å². The Kier molecular flexibility index (Phi) is 5.20. The minimum Gasteiger partial charge on any atom is -0.493 e. The Bertz CT molecular complexity index is 426. The molecule has 98 valence electrons. The van der Waals surface area contributed by atoms with E-state index in [2.05, 4.69) is 0 Å². The minimum atomic E-state index is -0.247. The smallest absolute Gasteiger partial charge is 0.203 e. The van der Waals surface area contributed by atoms with Crippen LogP contribution in [0.15, 0.2) is 24.3 Å². The highest BCUT2D eigenvalue weighted by atomic mass is 16.5. The van der Waals surface area contributed by atoms with Crippen molar-refractivity contribution in [2.24, 2.45) is 0 Å². The van der Waals surface area contributed by atoms with Gasteiger partial charge in [0.2, 0.25) is 5.75 Å². The number of carbonyl (C=O) groups excluding carboxylic acids is 1. The third-order valence-electron chi connectivity index (χ3n) is 2.32. The molecule has 0 radical (unpaired) electrons. The van der Waals surface area contributed by atoms with Gasteiger partial charge in [-0.2, -0.15) is 0 Å². The summed E-state index contributed by atoms with van der Waals surface area (Å²) in [6.07, 6.45) is 2.66. The molecule has 5 nitrogen and oxygen atoms in total. The first kappa shape index (κ1) is 14.1. The molecule has 5 heteroatoms. The van der Waals surface area contributed by atoms with E-state index in [-0.39, 0.29) is 12.4 Å². The van der Waals surface area contributed by atoms with Crippen LogP contribution in [0.1, 0.15) is 10.4 Å². The van der Waals surface area contributed by atoms with Crippen LogP contribution in [0.5, 0.6) is 17.2 Å². The van der Waals surface area contributed by atoms with Gasteiger partial charge in [0.15, 0.2) is 17.3 Å². The molecule has 1 aromatic rings.